The van der Waals surface area contributed by atoms with Crippen LogP contribution in [-0.4, -0.2) is 61.0 Å². The second-order valence-corrected chi connectivity index (χ2v) is 4.40. The van der Waals surface area contributed by atoms with E-state index in [1.165, 1.54) is 9.80 Å². The topological polar surface area (TPSA) is 108 Å². The van der Waals surface area contributed by atoms with Crippen LogP contribution in [0, 0.1) is 0 Å². The number of carbonyl (C=O) groups excluding carboxylic acids is 3. The van der Waals surface area contributed by atoms with Gasteiger partial charge < -0.3 is 15.5 Å². The standard InChI is InChI=1S/C11H17N5O3/c1-6-7(13-14-11(12)19)5-16(4)10(18)8(6)9(17)15(2)3/h5H2,1-4H3,(H3,12,14,19). The second kappa shape index (κ2) is 5.51. The summed E-state index contributed by atoms with van der Waals surface area (Å²) in [7, 11) is 4.67. The molecule has 0 radical (unpaired) electrons. The minimum atomic E-state index is -0.805. The molecule has 0 saturated carbocycles. The average Bonchev–Trinajstić information content (AvgIpc) is 2.31. The number of primary amides is 1. The van der Waals surface area contributed by atoms with Crippen molar-refractivity contribution in [2.45, 2.75) is 6.92 Å². The number of likely N-dealkylation sites (N-methyl/N-ethyl adjacent to an activating group) is 2. The Morgan fingerprint density at radius 1 is 1.42 bits per heavy atom. The molecule has 8 nitrogen and oxygen atoms in total. The van der Waals surface area contributed by atoms with E-state index in [2.05, 4.69) is 10.5 Å². The van der Waals surface area contributed by atoms with E-state index in [9.17, 15) is 14.4 Å². The van der Waals surface area contributed by atoms with Gasteiger partial charge in [-0.3, -0.25) is 9.59 Å². The van der Waals surface area contributed by atoms with Gasteiger partial charge in [0.05, 0.1) is 12.3 Å². The maximum atomic E-state index is 12.0. The summed E-state index contributed by atoms with van der Waals surface area (Å²) >= 11 is 0. The third-order valence-corrected chi connectivity index (χ3v) is 2.68. The van der Waals surface area contributed by atoms with Gasteiger partial charge in [-0.2, -0.15) is 5.10 Å². The van der Waals surface area contributed by atoms with Crippen molar-refractivity contribution < 1.29 is 14.4 Å². The number of amides is 4. The molecule has 1 heterocycles. The first kappa shape index (κ1) is 14.7. The Kier molecular flexibility index (Phi) is 4.26. The van der Waals surface area contributed by atoms with Crippen molar-refractivity contribution in [1.29, 1.82) is 0 Å². The number of nitrogens with one attached hydrogen (secondary N) is 1. The van der Waals surface area contributed by atoms with Crippen LogP contribution >= 0.6 is 0 Å². The van der Waals surface area contributed by atoms with Crippen LogP contribution < -0.4 is 11.2 Å². The van der Waals surface area contributed by atoms with Gasteiger partial charge in [-0.15, -0.1) is 0 Å². The lowest BCUT2D eigenvalue weighted by Crippen LogP contribution is -2.44. The Morgan fingerprint density at radius 2 is 2.00 bits per heavy atom. The molecule has 3 N–H and O–H groups in total. The molecular weight excluding hydrogens is 250 g/mol. The minimum Gasteiger partial charge on any atom is -0.350 e. The summed E-state index contributed by atoms with van der Waals surface area (Å²) < 4.78 is 0. The van der Waals surface area contributed by atoms with Crippen molar-refractivity contribution in [2.75, 3.05) is 27.7 Å². The van der Waals surface area contributed by atoms with Crippen molar-refractivity contribution in [3.05, 3.63) is 11.1 Å². The summed E-state index contributed by atoms with van der Waals surface area (Å²) in [6.45, 7) is 1.82. The lowest BCUT2D eigenvalue weighted by atomic mass is 9.98. The number of nitrogens with two attached hydrogens (primary N) is 1. The van der Waals surface area contributed by atoms with E-state index in [-0.39, 0.29) is 18.0 Å². The van der Waals surface area contributed by atoms with E-state index >= 15 is 0 Å². The van der Waals surface area contributed by atoms with Crippen LogP contribution in [0.5, 0.6) is 0 Å². The molecule has 0 unspecified atom stereocenters. The molecule has 8 heteroatoms. The van der Waals surface area contributed by atoms with Crippen LogP contribution in [0.4, 0.5) is 4.79 Å². The lowest BCUT2D eigenvalue weighted by Gasteiger charge is -2.27. The van der Waals surface area contributed by atoms with Crippen LogP contribution in [0.2, 0.25) is 0 Å². The van der Waals surface area contributed by atoms with Crippen LogP contribution in [0.1, 0.15) is 6.92 Å². The number of rotatable bonds is 2. The Labute approximate surface area is 110 Å². The summed E-state index contributed by atoms with van der Waals surface area (Å²) in [5, 5.41) is 3.81. The average molecular weight is 267 g/mol. The molecule has 0 aromatic rings. The first-order valence-electron chi connectivity index (χ1n) is 5.56. The number of urea groups is 1. The molecule has 0 aliphatic carbocycles. The van der Waals surface area contributed by atoms with Crippen molar-refractivity contribution in [3.63, 3.8) is 0 Å². The molecule has 0 bridgehead atoms. The highest BCUT2D eigenvalue weighted by Gasteiger charge is 2.32. The van der Waals surface area contributed by atoms with Crippen molar-refractivity contribution in [2.24, 2.45) is 10.8 Å². The highest BCUT2D eigenvalue weighted by molar-refractivity contribution is 6.26. The van der Waals surface area contributed by atoms with Gasteiger partial charge >= 0.3 is 6.03 Å². The molecule has 0 aromatic carbocycles. The fourth-order valence-electron chi connectivity index (χ4n) is 1.63. The van der Waals surface area contributed by atoms with E-state index in [0.29, 0.717) is 11.3 Å². The zero-order chi connectivity index (χ0) is 14.7. The number of hydrogen-bond acceptors (Lipinski definition) is 4. The first-order chi connectivity index (χ1) is 8.75. The molecule has 1 aliphatic heterocycles. The van der Waals surface area contributed by atoms with Gasteiger partial charge in [-0.1, -0.05) is 0 Å². The minimum absolute atomic E-state index is 0.0452. The molecule has 104 valence electrons. The van der Waals surface area contributed by atoms with E-state index in [1.807, 2.05) is 0 Å². The summed E-state index contributed by atoms with van der Waals surface area (Å²) in [6.07, 6.45) is 0. The van der Waals surface area contributed by atoms with E-state index in [0.717, 1.165) is 0 Å². The summed E-state index contributed by atoms with van der Waals surface area (Å²) in [5.41, 5.74) is 7.94. The predicted octanol–water partition coefficient (Wildman–Crippen LogP) is -1.11. The predicted molar refractivity (Wildman–Crippen MR) is 69.2 cm³/mol. The third kappa shape index (κ3) is 3.09. The highest BCUT2D eigenvalue weighted by Crippen LogP contribution is 2.17. The van der Waals surface area contributed by atoms with Gasteiger partial charge in [0.2, 0.25) is 0 Å². The Balaban J connectivity index is 3.24. The number of hydrogen-bond donors (Lipinski definition) is 2. The quantitative estimate of drug-likeness (QED) is 0.489. The molecule has 4 amide bonds. The fraction of sp³-hybridized carbons (Fsp3) is 0.455. The smallest absolute Gasteiger partial charge is 0.332 e. The molecule has 0 saturated heterocycles. The number of carbonyl (C=O) groups is 3. The van der Waals surface area contributed by atoms with Crippen LogP contribution in [0.15, 0.2) is 16.2 Å². The maximum Gasteiger partial charge on any atom is 0.332 e. The number of nitrogens with zero attached hydrogens (tertiary/aromatic N) is 3. The van der Waals surface area contributed by atoms with Gasteiger partial charge in [0, 0.05) is 21.1 Å². The Hall–Kier alpha value is -2.38. The van der Waals surface area contributed by atoms with Gasteiger partial charge in [-0.05, 0) is 12.5 Å². The molecule has 19 heavy (non-hydrogen) atoms. The van der Waals surface area contributed by atoms with Gasteiger partial charge in [0.25, 0.3) is 11.8 Å². The Bertz CT molecular complexity index is 493. The zero-order valence-corrected chi connectivity index (χ0v) is 11.4. The van der Waals surface area contributed by atoms with Gasteiger partial charge in [0.1, 0.15) is 5.57 Å². The highest BCUT2D eigenvalue weighted by atomic mass is 16.2. The zero-order valence-electron chi connectivity index (χ0n) is 11.4. The molecule has 1 rings (SSSR count). The lowest BCUT2D eigenvalue weighted by molar-refractivity contribution is -0.132. The molecule has 1 aliphatic rings. The summed E-state index contributed by atoms with van der Waals surface area (Å²) in [4.78, 5) is 37.3. The first-order valence-corrected chi connectivity index (χ1v) is 5.56. The fourth-order valence-corrected chi connectivity index (χ4v) is 1.63. The monoisotopic (exact) mass is 267 g/mol. The molecule has 0 atom stereocenters. The molecule has 0 aromatic heterocycles. The molecular formula is C11H17N5O3. The van der Waals surface area contributed by atoms with E-state index in [4.69, 9.17) is 5.73 Å². The molecule has 0 spiro atoms. The normalized spacial score (nSPS) is 17.8. The largest absolute Gasteiger partial charge is 0.350 e. The number of hydrazone groups is 1. The van der Waals surface area contributed by atoms with Crippen molar-refractivity contribution in [1.82, 2.24) is 15.2 Å². The van der Waals surface area contributed by atoms with E-state index < -0.39 is 11.9 Å². The van der Waals surface area contributed by atoms with E-state index in [1.54, 1.807) is 28.1 Å². The molecule has 0 fully saturated rings. The third-order valence-electron chi connectivity index (χ3n) is 2.68. The van der Waals surface area contributed by atoms with Crippen LogP contribution in [0.25, 0.3) is 0 Å². The second-order valence-electron chi connectivity index (χ2n) is 4.40. The Morgan fingerprint density at radius 3 is 2.47 bits per heavy atom. The van der Waals surface area contributed by atoms with Crippen LogP contribution in [-0.2, 0) is 9.59 Å². The van der Waals surface area contributed by atoms with Crippen molar-refractivity contribution in [3.8, 4) is 0 Å². The summed E-state index contributed by atoms with van der Waals surface area (Å²) in [6, 6.07) is -0.805. The van der Waals surface area contributed by atoms with Crippen LogP contribution in [0.3, 0.4) is 0 Å². The van der Waals surface area contributed by atoms with Gasteiger partial charge in [0.15, 0.2) is 0 Å². The summed E-state index contributed by atoms with van der Waals surface area (Å²) in [5.74, 6) is -0.768. The van der Waals surface area contributed by atoms with Gasteiger partial charge in [-0.25, -0.2) is 10.2 Å². The SMILES string of the molecule is CC1=C(C(=O)N(C)C)C(=O)N(C)CC1=NNC(N)=O. The van der Waals surface area contributed by atoms with Crippen molar-refractivity contribution >= 4 is 23.6 Å². The maximum absolute atomic E-state index is 12.0.